The second kappa shape index (κ2) is 9.67. The lowest BCUT2D eigenvalue weighted by Gasteiger charge is -2.43. The number of aromatic nitrogens is 1. The number of rotatable bonds is 7. The third kappa shape index (κ3) is 5.10. The summed E-state index contributed by atoms with van der Waals surface area (Å²) in [6, 6.07) is 12.4. The minimum atomic E-state index is -3.67. The van der Waals surface area contributed by atoms with Crippen molar-refractivity contribution in [1.29, 1.82) is 0 Å². The summed E-state index contributed by atoms with van der Waals surface area (Å²) >= 11 is 7.37. The Morgan fingerprint density at radius 3 is 2.69 bits per heavy atom. The molecule has 1 amide bonds. The number of carbonyl (C=O) groups excluding carboxylic acids is 1. The molecule has 8 nitrogen and oxygen atoms in total. The molecule has 1 fully saturated rings. The average molecular weight is 532 g/mol. The summed E-state index contributed by atoms with van der Waals surface area (Å²) in [6.45, 7) is 4.13. The molecule has 2 aromatic carbocycles. The second-order valence-corrected chi connectivity index (χ2v) is 11.8. The van der Waals surface area contributed by atoms with Gasteiger partial charge in [-0.25, -0.2) is 13.4 Å². The van der Waals surface area contributed by atoms with Gasteiger partial charge in [-0.3, -0.25) is 9.52 Å². The average Bonchev–Trinajstić information content (AvgIpc) is 3.32. The van der Waals surface area contributed by atoms with Gasteiger partial charge in [0.2, 0.25) is 5.91 Å². The normalized spacial score (nSPS) is 16.9. The number of sulfonamides is 1. The molecule has 11 heteroatoms. The standard InChI is InChI=1S/C24H26ClN5O3S2/c1-16(30-11-2-3-17-13-18(25)4-9-22(17)30)23(31)27-19-14-29(15-19)20-5-7-21(8-6-20)35(32,33)28-24-26-10-12-34-24/h4-10,12-13,16,19H,2-3,11,14-15H2,1H3,(H,26,28)(H,27,31). The summed E-state index contributed by atoms with van der Waals surface area (Å²) in [6.07, 6.45) is 3.51. The van der Waals surface area contributed by atoms with Crippen molar-refractivity contribution < 1.29 is 13.2 Å². The second-order valence-electron chi connectivity index (χ2n) is 8.79. The molecule has 1 aromatic heterocycles. The highest BCUT2D eigenvalue weighted by molar-refractivity contribution is 7.93. The number of hydrogen-bond acceptors (Lipinski definition) is 7. The molecule has 3 aromatic rings. The summed E-state index contributed by atoms with van der Waals surface area (Å²) < 4.78 is 27.5. The van der Waals surface area contributed by atoms with Gasteiger partial charge in [0, 0.05) is 47.6 Å². The van der Waals surface area contributed by atoms with Gasteiger partial charge in [-0.15, -0.1) is 11.3 Å². The fourth-order valence-corrected chi connectivity index (χ4v) is 6.51. The molecule has 1 saturated heterocycles. The zero-order valence-electron chi connectivity index (χ0n) is 19.1. The molecule has 5 rings (SSSR count). The van der Waals surface area contributed by atoms with Crippen LogP contribution in [0.3, 0.4) is 0 Å². The zero-order valence-corrected chi connectivity index (χ0v) is 21.5. The SMILES string of the molecule is CC(C(=O)NC1CN(c2ccc(S(=O)(=O)Nc3nccs3)cc2)C1)N1CCCc2cc(Cl)ccc21. The van der Waals surface area contributed by atoms with Crippen LogP contribution in [0.15, 0.2) is 58.9 Å². The van der Waals surface area contributed by atoms with E-state index in [2.05, 4.69) is 24.8 Å². The molecule has 2 aliphatic heterocycles. The van der Waals surface area contributed by atoms with Crippen LogP contribution >= 0.6 is 22.9 Å². The quantitative estimate of drug-likeness (QED) is 0.482. The van der Waals surface area contributed by atoms with E-state index in [1.807, 2.05) is 25.1 Å². The highest BCUT2D eigenvalue weighted by atomic mass is 35.5. The van der Waals surface area contributed by atoms with Gasteiger partial charge < -0.3 is 15.1 Å². The van der Waals surface area contributed by atoms with E-state index in [1.165, 1.54) is 16.9 Å². The fraction of sp³-hybridized carbons (Fsp3) is 0.333. The molecule has 0 saturated carbocycles. The van der Waals surface area contributed by atoms with Crippen LogP contribution in [-0.2, 0) is 21.2 Å². The molecule has 3 heterocycles. The number of benzene rings is 2. The molecule has 35 heavy (non-hydrogen) atoms. The maximum absolute atomic E-state index is 13.0. The first kappa shape index (κ1) is 23.9. The lowest BCUT2D eigenvalue weighted by Crippen LogP contribution is -2.62. The first-order chi connectivity index (χ1) is 16.8. The van der Waals surface area contributed by atoms with Gasteiger partial charge in [0.05, 0.1) is 10.9 Å². The topological polar surface area (TPSA) is 94.6 Å². The van der Waals surface area contributed by atoms with Crippen LogP contribution in [0.5, 0.6) is 0 Å². The number of carbonyl (C=O) groups is 1. The Bertz CT molecular complexity index is 1310. The van der Waals surface area contributed by atoms with Gasteiger partial charge in [0.25, 0.3) is 10.0 Å². The Kier molecular flexibility index (Phi) is 6.61. The lowest BCUT2D eigenvalue weighted by atomic mass is 9.99. The Morgan fingerprint density at radius 2 is 1.97 bits per heavy atom. The van der Waals surface area contributed by atoms with Gasteiger partial charge >= 0.3 is 0 Å². The Labute approximate surface area is 214 Å². The lowest BCUT2D eigenvalue weighted by molar-refractivity contribution is -0.123. The van der Waals surface area contributed by atoms with Crippen LogP contribution in [0.1, 0.15) is 18.9 Å². The zero-order chi connectivity index (χ0) is 24.6. The van der Waals surface area contributed by atoms with Crippen LogP contribution in [-0.4, -0.2) is 51.0 Å². The first-order valence-corrected chi connectivity index (χ1v) is 14.2. The molecule has 2 aliphatic rings. The van der Waals surface area contributed by atoms with E-state index in [-0.39, 0.29) is 22.9 Å². The number of thiazole rings is 1. The largest absolute Gasteiger partial charge is 0.367 e. The van der Waals surface area contributed by atoms with Crippen molar-refractivity contribution in [2.45, 2.75) is 36.7 Å². The number of halogens is 1. The third-order valence-electron chi connectivity index (χ3n) is 6.44. The van der Waals surface area contributed by atoms with Gasteiger partial charge in [0.15, 0.2) is 5.13 Å². The van der Waals surface area contributed by atoms with E-state index in [1.54, 1.807) is 35.8 Å². The molecule has 1 atom stereocenters. The van der Waals surface area contributed by atoms with E-state index >= 15 is 0 Å². The van der Waals surface area contributed by atoms with Crippen LogP contribution in [0.4, 0.5) is 16.5 Å². The van der Waals surface area contributed by atoms with E-state index in [9.17, 15) is 13.2 Å². The monoisotopic (exact) mass is 531 g/mol. The summed E-state index contributed by atoms with van der Waals surface area (Å²) in [4.78, 5) is 21.4. The molecule has 2 N–H and O–H groups in total. The molecule has 0 radical (unpaired) electrons. The fourth-order valence-electron chi connectivity index (χ4n) is 4.52. The Balaban J connectivity index is 1.15. The number of hydrogen-bond donors (Lipinski definition) is 2. The Morgan fingerprint density at radius 1 is 1.20 bits per heavy atom. The number of amides is 1. The molecule has 1 unspecified atom stereocenters. The summed E-state index contributed by atoms with van der Waals surface area (Å²) in [5, 5.41) is 5.92. The van der Waals surface area contributed by atoms with Gasteiger partial charge in [0.1, 0.15) is 6.04 Å². The smallest absolute Gasteiger partial charge is 0.263 e. The summed E-state index contributed by atoms with van der Waals surface area (Å²) in [7, 11) is -3.67. The van der Waals surface area contributed by atoms with Crippen LogP contribution < -0.4 is 19.8 Å². The number of nitrogens with zero attached hydrogens (tertiary/aromatic N) is 3. The number of fused-ring (bicyclic) bond motifs is 1. The van der Waals surface area contributed by atoms with E-state index in [0.29, 0.717) is 18.2 Å². The van der Waals surface area contributed by atoms with Gasteiger partial charge in [-0.05, 0) is 67.8 Å². The third-order valence-corrected chi connectivity index (χ3v) is 8.84. The highest BCUT2D eigenvalue weighted by Crippen LogP contribution is 2.31. The minimum absolute atomic E-state index is 0.00662. The maximum Gasteiger partial charge on any atom is 0.263 e. The van der Waals surface area contributed by atoms with E-state index < -0.39 is 10.0 Å². The highest BCUT2D eigenvalue weighted by Gasteiger charge is 2.32. The van der Waals surface area contributed by atoms with Gasteiger partial charge in [-0.1, -0.05) is 11.6 Å². The van der Waals surface area contributed by atoms with E-state index in [0.717, 1.165) is 35.8 Å². The molecule has 0 bridgehead atoms. The van der Waals surface area contributed by atoms with Crippen LogP contribution in [0, 0.1) is 0 Å². The number of anilines is 3. The maximum atomic E-state index is 13.0. The van der Waals surface area contributed by atoms with Crippen molar-refractivity contribution in [2.24, 2.45) is 0 Å². The first-order valence-electron chi connectivity index (χ1n) is 11.4. The molecule has 0 spiro atoms. The molecule has 0 aliphatic carbocycles. The van der Waals surface area contributed by atoms with Crippen LogP contribution in [0.25, 0.3) is 0 Å². The molecule has 184 valence electrons. The van der Waals surface area contributed by atoms with Crippen molar-refractivity contribution >= 4 is 55.4 Å². The van der Waals surface area contributed by atoms with Crippen molar-refractivity contribution in [3.63, 3.8) is 0 Å². The van der Waals surface area contributed by atoms with Crippen LogP contribution in [0.2, 0.25) is 5.02 Å². The predicted molar refractivity (Wildman–Crippen MR) is 140 cm³/mol. The van der Waals surface area contributed by atoms with Crippen molar-refractivity contribution in [1.82, 2.24) is 10.3 Å². The minimum Gasteiger partial charge on any atom is -0.367 e. The Hall–Kier alpha value is -2.82. The predicted octanol–water partition coefficient (Wildman–Crippen LogP) is 3.74. The summed E-state index contributed by atoms with van der Waals surface area (Å²) in [5.74, 6) is 0.00662. The molecular formula is C24H26ClN5O3S2. The summed E-state index contributed by atoms with van der Waals surface area (Å²) in [5.41, 5.74) is 3.18. The molecular weight excluding hydrogens is 506 g/mol. The van der Waals surface area contributed by atoms with Crippen molar-refractivity contribution in [2.75, 3.05) is 34.2 Å². The van der Waals surface area contributed by atoms with Crippen molar-refractivity contribution in [3.05, 3.63) is 64.6 Å². The number of nitrogens with one attached hydrogen (secondary N) is 2. The van der Waals surface area contributed by atoms with Crippen molar-refractivity contribution in [3.8, 4) is 0 Å². The van der Waals surface area contributed by atoms with E-state index in [4.69, 9.17) is 11.6 Å². The van der Waals surface area contributed by atoms with Gasteiger partial charge in [-0.2, -0.15) is 0 Å². The number of aryl methyl sites for hydroxylation is 1.